The van der Waals surface area contributed by atoms with E-state index in [1.54, 1.807) is 67.6 Å². The van der Waals surface area contributed by atoms with E-state index in [-0.39, 0.29) is 17.1 Å². The number of hydrogen-bond donors (Lipinski definition) is 0. The summed E-state index contributed by atoms with van der Waals surface area (Å²) in [4.78, 5) is 28.1. The van der Waals surface area contributed by atoms with Gasteiger partial charge < -0.3 is 0 Å². The van der Waals surface area contributed by atoms with E-state index >= 15 is 0 Å². The number of benzene rings is 4. The molecule has 0 amide bonds. The zero-order valence-corrected chi connectivity index (χ0v) is 22.6. The van der Waals surface area contributed by atoms with Gasteiger partial charge in [0.2, 0.25) is 0 Å². The molecule has 0 aromatic heterocycles. The van der Waals surface area contributed by atoms with E-state index in [0.29, 0.717) is 16.7 Å². The molecule has 37 heavy (non-hydrogen) atoms. The first kappa shape index (κ1) is 26.6. The summed E-state index contributed by atoms with van der Waals surface area (Å²) in [6, 6.07) is 30.1. The van der Waals surface area contributed by atoms with Crippen molar-refractivity contribution in [1.29, 1.82) is 0 Å². The maximum Gasteiger partial charge on any atom is 0.193 e. The highest BCUT2D eigenvalue weighted by atomic mass is 32.2. The van der Waals surface area contributed by atoms with Crippen LogP contribution < -0.4 is 0 Å². The van der Waals surface area contributed by atoms with Crippen molar-refractivity contribution in [3.63, 3.8) is 0 Å². The summed E-state index contributed by atoms with van der Waals surface area (Å²) in [7, 11) is -3.89. The average Bonchev–Trinajstić information content (AvgIpc) is 2.93. The molecule has 0 bridgehead atoms. The van der Waals surface area contributed by atoms with Gasteiger partial charge in [-0.25, -0.2) is 8.42 Å². The quantitative estimate of drug-likeness (QED) is 0.215. The predicted octanol–water partition coefficient (Wildman–Crippen LogP) is 7.20. The Balaban J connectivity index is 1.50. The largest absolute Gasteiger partial charge is 0.292 e. The molecule has 1 atom stereocenters. The molecule has 188 valence electrons. The Hall–Kier alpha value is -3.48. The van der Waals surface area contributed by atoms with Gasteiger partial charge in [0.05, 0.1) is 4.90 Å². The standard InChI is InChI=1S/C31H28O4S2/c1-4-31(3,37(34,35)28-20-10-22(2)11-21-28)30(33)25-14-18-27(19-15-25)36-26-16-12-24(13-17-26)29(32)23-8-6-5-7-9-23/h5-21H,4H2,1-3H3. The van der Waals surface area contributed by atoms with E-state index in [0.717, 1.165) is 15.4 Å². The second kappa shape index (κ2) is 10.9. The Bertz CT molecular complexity index is 1510. The van der Waals surface area contributed by atoms with Gasteiger partial charge in [-0.1, -0.05) is 78.8 Å². The number of Topliss-reactive ketones (excluding diaryl/α,β-unsaturated/α-hetero) is 1. The van der Waals surface area contributed by atoms with Crippen LogP contribution in [0.2, 0.25) is 0 Å². The van der Waals surface area contributed by atoms with Crippen LogP contribution in [-0.2, 0) is 9.84 Å². The first-order valence-corrected chi connectivity index (χ1v) is 14.3. The lowest BCUT2D eigenvalue weighted by molar-refractivity contribution is 0.0942. The number of aryl methyl sites for hydroxylation is 1. The molecule has 4 aromatic rings. The molecule has 0 spiro atoms. The minimum atomic E-state index is -3.89. The topological polar surface area (TPSA) is 68.3 Å². The predicted molar refractivity (Wildman–Crippen MR) is 148 cm³/mol. The van der Waals surface area contributed by atoms with Crippen molar-refractivity contribution < 1.29 is 18.0 Å². The maximum absolute atomic E-state index is 13.5. The molecule has 0 fully saturated rings. The number of carbonyl (C=O) groups is 2. The molecule has 0 aliphatic carbocycles. The highest BCUT2D eigenvalue weighted by Crippen LogP contribution is 2.34. The monoisotopic (exact) mass is 528 g/mol. The number of ketones is 2. The minimum Gasteiger partial charge on any atom is -0.292 e. The minimum absolute atomic E-state index is 0.0282. The van der Waals surface area contributed by atoms with Crippen LogP contribution in [0.25, 0.3) is 0 Å². The van der Waals surface area contributed by atoms with Crippen LogP contribution in [0.3, 0.4) is 0 Å². The second-order valence-corrected chi connectivity index (χ2v) is 12.6. The molecule has 0 saturated carbocycles. The van der Waals surface area contributed by atoms with Gasteiger partial charge in [-0.2, -0.15) is 0 Å². The molecule has 4 rings (SSSR count). The van der Waals surface area contributed by atoms with Crippen molar-refractivity contribution in [3.8, 4) is 0 Å². The molecule has 1 unspecified atom stereocenters. The van der Waals surface area contributed by atoms with Crippen molar-refractivity contribution in [1.82, 2.24) is 0 Å². The van der Waals surface area contributed by atoms with Gasteiger partial charge in [-0.3, -0.25) is 9.59 Å². The van der Waals surface area contributed by atoms with Gasteiger partial charge in [0.25, 0.3) is 0 Å². The van der Waals surface area contributed by atoms with E-state index in [1.807, 2.05) is 49.4 Å². The van der Waals surface area contributed by atoms with Gasteiger partial charge in [0, 0.05) is 26.5 Å². The van der Waals surface area contributed by atoms with Crippen LogP contribution in [0, 0.1) is 6.92 Å². The zero-order valence-electron chi connectivity index (χ0n) is 21.0. The van der Waals surface area contributed by atoms with Crippen molar-refractivity contribution in [2.75, 3.05) is 0 Å². The van der Waals surface area contributed by atoms with Crippen LogP contribution in [0.1, 0.15) is 52.1 Å². The second-order valence-electron chi connectivity index (χ2n) is 9.08. The van der Waals surface area contributed by atoms with Crippen LogP contribution in [0.15, 0.2) is 118 Å². The molecule has 0 heterocycles. The third-order valence-electron chi connectivity index (χ3n) is 6.58. The first-order chi connectivity index (χ1) is 17.7. The van der Waals surface area contributed by atoms with Crippen molar-refractivity contribution in [2.24, 2.45) is 0 Å². The van der Waals surface area contributed by atoms with Crippen LogP contribution in [0.5, 0.6) is 0 Å². The molecule has 0 radical (unpaired) electrons. The van der Waals surface area contributed by atoms with Gasteiger partial charge in [-0.05, 0) is 68.8 Å². The smallest absolute Gasteiger partial charge is 0.193 e. The first-order valence-electron chi connectivity index (χ1n) is 12.0. The maximum atomic E-state index is 13.5. The van der Waals surface area contributed by atoms with Crippen molar-refractivity contribution >= 4 is 33.2 Å². The highest BCUT2D eigenvalue weighted by molar-refractivity contribution is 7.99. The van der Waals surface area contributed by atoms with Crippen molar-refractivity contribution in [2.45, 2.75) is 46.6 Å². The van der Waals surface area contributed by atoms with Crippen molar-refractivity contribution in [3.05, 3.63) is 125 Å². The fraction of sp³-hybridized carbons (Fsp3) is 0.161. The third kappa shape index (κ3) is 5.45. The average molecular weight is 529 g/mol. The lowest BCUT2D eigenvalue weighted by Gasteiger charge is -2.27. The van der Waals surface area contributed by atoms with Gasteiger partial charge in [-0.15, -0.1) is 0 Å². The van der Waals surface area contributed by atoms with Gasteiger partial charge in [0.15, 0.2) is 21.4 Å². The summed E-state index contributed by atoms with van der Waals surface area (Å²) in [5, 5.41) is 0. The summed E-state index contributed by atoms with van der Waals surface area (Å²) in [5.74, 6) is -0.449. The molecule has 0 aliphatic rings. The molecule has 0 N–H and O–H groups in total. The summed E-state index contributed by atoms with van der Waals surface area (Å²) < 4.78 is 25.3. The number of hydrogen-bond acceptors (Lipinski definition) is 5. The molecular weight excluding hydrogens is 500 g/mol. The molecule has 6 heteroatoms. The van der Waals surface area contributed by atoms with E-state index in [2.05, 4.69) is 0 Å². The van der Waals surface area contributed by atoms with Gasteiger partial charge >= 0.3 is 0 Å². The Labute approximate surface area is 222 Å². The molecule has 4 aromatic carbocycles. The Morgan fingerprint density at radius 3 is 1.70 bits per heavy atom. The Kier molecular flexibility index (Phi) is 7.81. The lowest BCUT2D eigenvalue weighted by Crippen LogP contribution is -2.43. The van der Waals surface area contributed by atoms with E-state index in [4.69, 9.17) is 0 Å². The van der Waals surface area contributed by atoms with E-state index in [9.17, 15) is 18.0 Å². The summed E-state index contributed by atoms with van der Waals surface area (Å²) >= 11 is 1.50. The third-order valence-corrected chi connectivity index (χ3v) is 10.2. The summed E-state index contributed by atoms with van der Waals surface area (Å²) in [5.41, 5.74) is 2.57. The lowest BCUT2D eigenvalue weighted by atomic mass is 9.96. The number of sulfone groups is 1. The Morgan fingerprint density at radius 1 is 0.703 bits per heavy atom. The molecular formula is C31H28O4S2. The normalized spacial score (nSPS) is 13.1. The number of rotatable bonds is 9. The summed E-state index contributed by atoms with van der Waals surface area (Å²) in [6.07, 6.45) is 0.159. The Morgan fingerprint density at radius 2 is 1.19 bits per heavy atom. The summed E-state index contributed by atoms with van der Waals surface area (Å²) in [6.45, 7) is 5.12. The van der Waals surface area contributed by atoms with E-state index < -0.39 is 20.4 Å². The molecule has 0 aliphatic heterocycles. The molecule has 0 saturated heterocycles. The molecule has 4 nitrogen and oxygen atoms in total. The fourth-order valence-corrected chi connectivity index (χ4v) is 6.57. The van der Waals surface area contributed by atoms with Crippen LogP contribution in [-0.4, -0.2) is 24.7 Å². The van der Waals surface area contributed by atoms with Gasteiger partial charge in [0.1, 0.15) is 4.75 Å². The van der Waals surface area contributed by atoms with E-state index in [1.165, 1.54) is 18.7 Å². The number of carbonyl (C=O) groups excluding carboxylic acids is 2. The van der Waals surface area contributed by atoms with Crippen LogP contribution in [0.4, 0.5) is 0 Å². The van der Waals surface area contributed by atoms with Crippen LogP contribution >= 0.6 is 11.8 Å². The SMILES string of the molecule is CCC(C)(C(=O)c1ccc(Sc2ccc(C(=O)c3ccccc3)cc2)cc1)S(=O)(=O)c1ccc(C)cc1. The fourth-order valence-electron chi connectivity index (χ4n) is 4.00. The highest BCUT2D eigenvalue weighted by Gasteiger charge is 2.45. The zero-order chi connectivity index (χ0) is 26.6.